The Bertz CT molecular complexity index is 1550. The summed E-state index contributed by atoms with van der Waals surface area (Å²) in [5, 5.41) is 1.06. The van der Waals surface area contributed by atoms with Gasteiger partial charge in [0.25, 0.3) is 11.5 Å². The number of allylic oxidation sites excluding steroid dienone is 1. The van der Waals surface area contributed by atoms with Crippen LogP contribution in [0.15, 0.2) is 66.9 Å². The number of ketones is 2. The Morgan fingerprint density at radius 2 is 1.50 bits per heavy atom. The highest BCUT2D eigenvalue weighted by molar-refractivity contribution is 6.30. The Labute approximate surface area is 236 Å². The number of alkyl halides is 6. The van der Waals surface area contributed by atoms with Crippen molar-refractivity contribution >= 4 is 41.0 Å². The van der Waals surface area contributed by atoms with E-state index >= 15 is 0 Å². The number of Topliss-reactive ketones (excluding diaryl/α,β-unsaturated/α-hetero) is 1. The lowest BCUT2D eigenvalue weighted by Gasteiger charge is -2.44. The van der Waals surface area contributed by atoms with Crippen LogP contribution in [0.2, 0.25) is 5.02 Å². The van der Waals surface area contributed by atoms with Gasteiger partial charge < -0.3 is 9.47 Å². The van der Waals surface area contributed by atoms with Crippen molar-refractivity contribution in [3.63, 3.8) is 0 Å². The molecular weight excluding hydrogens is 602 g/mol. The average molecular weight is 617 g/mol. The summed E-state index contributed by atoms with van der Waals surface area (Å²) in [6.45, 7) is 0. The maximum atomic E-state index is 14.0. The first-order chi connectivity index (χ1) is 19.5. The molecule has 3 heterocycles. The lowest BCUT2D eigenvalue weighted by atomic mass is 9.77. The highest BCUT2D eigenvalue weighted by Crippen LogP contribution is 2.54. The van der Waals surface area contributed by atoms with Crippen molar-refractivity contribution in [2.24, 2.45) is 5.92 Å². The number of rotatable bonds is 5. The molecule has 0 aliphatic carbocycles. The van der Waals surface area contributed by atoms with E-state index in [4.69, 9.17) is 16.3 Å². The van der Waals surface area contributed by atoms with Gasteiger partial charge in [-0.25, -0.2) is 19.6 Å². The SMILES string of the molecule is O=C1C=CN2N3C(=O)C(OC(=O)C(F)(F)F)(c4ccccc4)C(=O)C3C1C2(Cc1cccc(Cl)c1)OC(=O)C(F)(F)F. The first-order valence-electron chi connectivity index (χ1n) is 11.8. The number of nitrogens with zero attached hydrogens (tertiary/aromatic N) is 2. The first kappa shape index (κ1) is 29.1. The lowest BCUT2D eigenvalue weighted by molar-refractivity contribution is -0.241. The highest BCUT2D eigenvalue weighted by Gasteiger charge is 2.78. The van der Waals surface area contributed by atoms with Crippen LogP contribution in [0.4, 0.5) is 26.3 Å². The van der Waals surface area contributed by atoms with Gasteiger partial charge in [-0.3, -0.25) is 14.4 Å². The number of hydrogen-bond donors (Lipinski definition) is 0. The van der Waals surface area contributed by atoms with Crippen LogP contribution < -0.4 is 0 Å². The van der Waals surface area contributed by atoms with Gasteiger partial charge in [0.15, 0.2) is 5.78 Å². The van der Waals surface area contributed by atoms with Crippen molar-refractivity contribution in [1.29, 1.82) is 0 Å². The third kappa shape index (κ3) is 4.30. The number of esters is 2. The van der Waals surface area contributed by atoms with Crippen molar-refractivity contribution in [2.75, 3.05) is 0 Å². The minimum atomic E-state index is -5.67. The maximum Gasteiger partial charge on any atom is 0.491 e. The third-order valence-corrected chi connectivity index (χ3v) is 7.24. The van der Waals surface area contributed by atoms with Crippen LogP contribution in [-0.2, 0) is 45.5 Å². The van der Waals surface area contributed by atoms with Gasteiger partial charge in [0, 0.05) is 23.2 Å². The van der Waals surface area contributed by atoms with Gasteiger partial charge in [-0.2, -0.15) is 26.3 Å². The first-order valence-corrected chi connectivity index (χ1v) is 12.2. The number of ether oxygens (including phenoxy) is 2. The quantitative estimate of drug-likeness (QED) is 0.286. The molecule has 3 aliphatic heterocycles. The normalized spacial score (nSPS) is 26.9. The maximum absolute atomic E-state index is 14.0. The number of hydrazine groups is 1. The van der Waals surface area contributed by atoms with Gasteiger partial charge in [-0.15, -0.1) is 0 Å². The van der Waals surface area contributed by atoms with Crippen LogP contribution in [-0.4, -0.2) is 63.5 Å². The second-order valence-corrected chi connectivity index (χ2v) is 9.91. The van der Waals surface area contributed by atoms with Crippen LogP contribution in [0.25, 0.3) is 0 Å². The summed E-state index contributed by atoms with van der Waals surface area (Å²) >= 11 is 5.99. The van der Waals surface area contributed by atoms with E-state index < -0.39 is 77.0 Å². The average Bonchev–Trinajstić information content (AvgIpc) is 3.20. The second-order valence-electron chi connectivity index (χ2n) is 9.47. The fourth-order valence-electron chi connectivity index (χ4n) is 5.42. The van der Waals surface area contributed by atoms with Crippen molar-refractivity contribution in [1.82, 2.24) is 10.0 Å². The minimum Gasteiger partial charge on any atom is -0.429 e. The Balaban J connectivity index is 1.70. The molecule has 0 saturated carbocycles. The molecule has 5 rings (SSSR count). The van der Waals surface area contributed by atoms with Gasteiger partial charge in [0.05, 0.1) is 0 Å². The summed E-state index contributed by atoms with van der Waals surface area (Å²) < 4.78 is 89.8. The zero-order valence-electron chi connectivity index (χ0n) is 20.6. The number of carbonyl (C=O) groups is 5. The number of halogens is 7. The molecule has 4 unspecified atom stereocenters. The summed E-state index contributed by atoms with van der Waals surface area (Å²) in [5.41, 5.74) is -6.41. The third-order valence-electron chi connectivity index (χ3n) is 7.00. The van der Waals surface area contributed by atoms with Crippen molar-refractivity contribution in [2.45, 2.75) is 36.1 Å². The fraction of sp³-hybridized carbons (Fsp3) is 0.269. The second kappa shape index (κ2) is 9.58. The van der Waals surface area contributed by atoms with E-state index in [0.29, 0.717) is 10.0 Å². The predicted molar refractivity (Wildman–Crippen MR) is 125 cm³/mol. The van der Waals surface area contributed by atoms with E-state index in [1.165, 1.54) is 42.5 Å². The Morgan fingerprint density at radius 3 is 2.10 bits per heavy atom. The molecule has 2 fully saturated rings. The van der Waals surface area contributed by atoms with E-state index in [1.54, 1.807) is 0 Å². The molecule has 0 spiro atoms. The molecule has 16 heteroatoms. The van der Waals surface area contributed by atoms with Crippen LogP contribution >= 0.6 is 11.6 Å². The molecule has 2 bridgehead atoms. The molecule has 1 amide bonds. The van der Waals surface area contributed by atoms with Gasteiger partial charge in [-0.05, 0) is 23.8 Å². The molecule has 0 radical (unpaired) electrons. The zero-order valence-corrected chi connectivity index (χ0v) is 21.4. The molecule has 220 valence electrons. The number of amides is 1. The van der Waals surface area contributed by atoms with Crippen molar-refractivity contribution in [3.05, 3.63) is 83.0 Å². The smallest absolute Gasteiger partial charge is 0.429 e. The fourth-order valence-corrected chi connectivity index (χ4v) is 5.63. The summed E-state index contributed by atoms with van der Waals surface area (Å²) in [5.74, 6) is -12.1. The highest BCUT2D eigenvalue weighted by atomic mass is 35.5. The summed E-state index contributed by atoms with van der Waals surface area (Å²) in [6.07, 6.45) is -10.4. The zero-order chi connectivity index (χ0) is 30.8. The van der Waals surface area contributed by atoms with Gasteiger partial charge >= 0.3 is 24.3 Å². The number of hydrogen-bond acceptors (Lipinski definition) is 8. The summed E-state index contributed by atoms with van der Waals surface area (Å²) in [7, 11) is 0. The summed E-state index contributed by atoms with van der Waals surface area (Å²) in [6, 6.07) is 9.14. The molecule has 2 aromatic carbocycles. The molecule has 0 aromatic heterocycles. The van der Waals surface area contributed by atoms with Crippen LogP contribution in [0.3, 0.4) is 0 Å². The van der Waals surface area contributed by atoms with Crippen LogP contribution in [0.5, 0.6) is 0 Å². The molecule has 42 heavy (non-hydrogen) atoms. The molecule has 4 atom stereocenters. The van der Waals surface area contributed by atoms with Gasteiger partial charge in [0.1, 0.15) is 12.0 Å². The summed E-state index contributed by atoms with van der Waals surface area (Å²) in [4.78, 5) is 65.5. The van der Waals surface area contributed by atoms with Crippen molar-refractivity contribution < 1.29 is 59.8 Å². The molecule has 2 aromatic rings. The van der Waals surface area contributed by atoms with E-state index in [1.807, 2.05) is 0 Å². The van der Waals surface area contributed by atoms with E-state index in [-0.39, 0.29) is 10.6 Å². The Kier molecular flexibility index (Phi) is 6.64. The van der Waals surface area contributed by atoms with E-state index in [9.17, 15) is 50.3 Å². The van der Waals surface area contributed by atoms with Crippen LogP contribution in [0.1, 0.15) is 11.1 Å². The predicted octanol–water partition coefficient (Wildman–Crippen LogP) is 3.41. The number of benzene rings is 2. The van der Waals surface area contributed by atoms with Gasteiger partial charge in [0.2, 0.25) is 11.5 Å². The standard InChI is InChI=1S/C26H15ClF6N2O7/c27-15-8-4-5-13(11-15)12-23(41-21(39)25(28,29)30)17-16(36)9-10-34(23)35-18(17)19(37)24(20(35)38,14-6-2-1-3-7-14)42-22(40)26(31,32)33/h1-11,17-18H,12H2. The minimum absolute atomic E-state index is 0.0969. The molecule has 9 nitrogen and oxygen atoms in total. The Hall–Kier alpha value is -4.40. The molecule has 0 N–H and O–H groups in total. The number of carbonyl (C=O) groups excluding carboxylic acids is 5. The van der Waals surface area contributed by atoms with Crippen molar-refractivity contribution in [3.8, 4) is 0 Å². The monoisotopic (exact) mass is 616 g/mol. The van der Waals surface area contributed by atoms with Gasteiger partial charge in [-0.1, -0.05) is 54.1 Å². The number of fused-ring (bicyclic) bond motifs is 5. The molecule has 3 aliphatic rings. The lowest BCUT2D eigenvalue weighted by Crippen LogP contribution is -2.61. The van der Waals surface area contributed by atoms with E-state index in [2.05, 4.69) is 4.74 Å². The van der Waals surface area contributed by atoms with E-state index in [0.717, 1.165) is 24.4 Å². The topological polar surface area (TPSA) is 110 Å². The molecular formula is C26H15ClF6N2O7. The molecule has 2 saturated heterocycles. The largest absolute Gasteiger partial charge is 0.491 e. The van der Waals surface area contributed by atoms with Crippen LogP contribution in [0, 0.1) is 5.92 Å². The Morgan fingerprint density at radius 1 is 0.881 bits per heavy atom.